The highest BCUT2D eigenvalue weighted by Crippen LogP contribution is 2.20. The Bertz CT molecular complexity index is 771. The first-order chi connectivity index (χ1) is 12.3. The van der Waals surface area contributed by atoms with E-state index >= 15 is 0 Å². The SMILES string of the molecule is CSCCN1C(=O)C(=NNc2cc(C)ns2)C(=O)N(CCSC)S1(=O)=O. The Morgan fingerprint density at radius 2 is 1.69 bits per heavy atom. The average Bonchev–Trinajstić information content (AvgIpc) is 2.99. The smallest absolute Gasteiger partial charge is 0.266 e. The molecule has 0 spiro atoms. The van der Waals surface area contributed by atoms with E-state index in [4.69, 9.17) is 0 Å². The molecule has 0 radical (unpaired) electrons. The Morgan fingerprint density at radius 3 is 2.12 bits per heavy atom. The van der Waals surface area contributed by atoms with E-state index in [1.807, 2.05) is 0 Å². The quantitative estimate of drug-likeness (QED) is 0.596. The molecule has 2 rings (SSSR count). The highest BCUT2D eigenvalue weighted by molar-refractivity contribution is 7.98. The van der Waals surface area contributed by atoms with Gasteiger partial charge in [0.15, 0.2) is 0 Å². The standard InChI is InChI=1S/C13H19N5O4S4/c1-9-8-10(25-16-9)14-15-11-12(19)17(4-6-23-2)26(21,22)18(13(11)20)5-7-24-3/h8,14H,4-7H2,1-3H3. The first kappa shape index (κ1) is 21.0. The molecule has 1 fully saturated rings. The third-order valence-electron chi connectivity index (χ3n) is 3.32. The summed E-state index contributed by atoms with van der Waals surface area (Å²) < 4.78 is 30.8. The van der Waals surface area contributed by atoms with Gasteiger partial charge in [-0.2, -0.15) is 41.4 Å². The summed E-state index contributed by atoms with van der Waals surface area (Å²) in [6, 6.07) is 1.71. The number of hydrogen-bond acceptors (Lipinski definition) is 10. The number of hydrazone groups is 1. The molecule has 9 nitrogen and oxygen atoms in total. The van der Waals surface area contributed by atoms with Gasteiger partial charge in [-0.25, -0.2) is 8.61 Å². The highest BCUT2D eigenvalue weighted by atomic mass is 32.2. The van der Waals surface area contributed by atoms with Gasteiger partial charge >= 0.3 is 10.2 Å². The third kappa shape index (κ3) is 4.50. The topological polar surface area (TPSA) is 112 Å². The molecule has 0 unspecified atom stereocenters. The second-order valence-corrected chi connectivity index (χ2v) is 9.71. The van der Waals surface area contributed by atoms with E-state index in [2.05, 4.69) is 14.9 Å². The van der Waals surface area contributed by atoms with Crippen LogP contribution in [0.3, 0.4) is 0 Å². The van der Waals surface area contributed by atoms with Crippen molar-refractivity contribution < 1.29 is 18.0 Å². The van der Waals surface area contributed by atoms with Gasteiger partial charge < -0.3 is 0 Å². The number of anilines is 1. The number of nitrogens with one attached hydrogen (secondary N) is 1. The van der Waals surface area contributed by atoms with Gasteiger partial charge in [-0.3, -0.25) is 15.0 Å². The summed E-state index contributed by atoms with van der Waals surface area (Å²) in [6.45, 7) is 1.75. The zero-order valence-corrected chi connectivity index (χ0v) is 17.7. The van der Waals surface area contributed by atoms with E-state index in [0.29, 0.717) is 25.1 Å². The Morgan fingerprint density at radius 1 is 1.15 bits per heavy atom. The molecule has 1 aromatic rings. The molecule has 0 aromatic carbocycles. The van der Waals surface area contributed by atoms with Gasteiger partial charge in [0.05, 0.1) is 5.69 Å². The van der Waals surface area contributed by atoms with Crippen LogP contribution < -0.4 is 5.43 Å². The molecule has 26 heavy (non-hydrogen) atoms. The second-order valence-electron chi connectivity index (χ2n) is 5.15. The number of thioether (sulfide) groups is 2. The van der Waals surface area contributed by atoms with Crippen LogP contribution >= 0.6 is 35.1 Å². The zero-order valence-electron chi connectivity index (χ0n) is 14.5. The number of nitrogens with zero attached hydrogens (tertiary/aromatic N) is 4. The summed E-state index contributed by atoms with van der Waals surface area (Å²) >= 11 is 3.94. The van der Waals surface area contributed by atoms with Crippen molar-refractivity contribution in [3.05, 3.63) is 11.8 Å². The minimum absolute atomic E-state index is 0.0237. The molecule has 1 saturated heterocycles. The van der Waals surface area contributed by atoms with Crippen molar-refractivity contribution in [2.45, 2.75) is 6.92 Å². The van der Waals surface area contributed by atoms with Gasteiger partial charge in [0, 0.05) is 24.6 Å². The predicted octanol–water partition coefficient (Wildman–Crippen LogP) is 0.861. The molecule has 0 atom stereocenters. The molecule has 0 bridgehead atoms. The van der Waals surface area contributed by atoms with E-state index in [0.717, 1.165) is 17.2 Å². The predicted molar refractivity (Wildman–Crippen MR) is 107 cm³/mol. The second kappa shape index (κ2) is 9.06. The van der Waals surface area contributed by atoms with Crippen LogP contribution in [-0.2, 0) is 19.8 Å². The first-order valence-corrected chi connectivity index (χ1v) is 12.4. The van der Waals surface area contributed by atoms with Crippen LogP contribution in [0.2, 0.25) is 0 Å². The highest BCUT2D eigenvalue weighted by Gasteiger charge is 2.47. The Labute approximate surface area is 164 Å². The summed E-state index contributed by atoms with van der Waals surface area (Å²) in [5.41, 5.74) is 2.94. The van der Waals surface area contributed by atoms with Crippen LogP contribution in [0, 0.1) is 6.92 Å². The fourth-order valence-corrected chi connectivity index (χ4v) is 5.10. The number of amides is 2. The van der Waals surface area contributed by atoms with Gasteiger partial charge in [0.25, 0.3) is 11.8 Å². The fraction of sp³-hybridized carbons (Fsp3) is 0.538. The van der Waals surface area contributed by atoms with Crippen LogP contribution in [0.15, 0.2) is 11.2 Å². The van der Waals surface area contributed by atoms with Crippen LogP contribution in [0.5, 0.6) is 0 Å². The third-order valence-corrected chi connectivity index (χ3v) is 7.10. The lowest BCUT2D eigenvalue weighted by Crippen LogP contribution is -2.61. The van der Waals surface area contributed by atoms with Crippen LogP contribution in [0.4, 0.5) is 5.00 Å². The van der Waals surface area contributed by atoms with Crippen molar-refractivity contribution in [2.75, 3.05) is 42.5 Å². The van der Waals surface area contributed by atoms with Crippen LogP contribution in [-0.4, -0.2) is 76.0 Å². The van der Waals surface area contributed by atoms with Gasteiger partial charge in [-0.1, -0.05) is 0 Å². The Balaban J connectivity index is 2.36. The maximum atomic E-state index is 12.7. The van der Waals surface area contributed by atoms with Gasteiger partial charge in [0.2, 0.25) is 5.71 Å². The molecule has 1 aliphatic rings. The van der Waals surface area contributed by atoms with Crippen molar-refractivity contribution in [2.24, 2.45) is 5.10 Å². The number of hydrogen-bond donors (Lipinski definition) is 1. The van der Waals surface area contributed by atoms with Crippen molar-refractivity contribution in [1.29, 1.82) is 0 Å². The normalized spacial score (nSPS) is 17.0. The molecular formula is C13H19N5O4S4. The molecular weight excluding hydrogens is 418 g/mol. The largest absolute Gasteiger partial charge is 0.331 e. The van der Waals surface area contributed by atoms with Crippen molar-refractivity contribution in [1.82, 2.24) is 13.0 Å². The van der Waals surface area contributed by atoms with Gasteiger partial charge in [-0.15, -0.1) is 0 Å². The van der Waals surface area contributed by atoms with Gasteiger partial charge in [-0.05, 0) is 37.0 Å². The number of aromatic nitrogens is 1. The number of carbonyl (C=O) groups excluding carboxylic acids is 2. The monoisotopic (exact) mass is 437 g/mol. The Hall–Kier alpha value is -1.31. The lowest BCUT2D eigenvalue weighted by molar-refractivity contribution is -0.126. The summed E-state index contributed by atoms with van der Waals surface area (Å²) in [5, 5.41) is 4.44. The molecule has 13 heteroatoms. The molecule has 0 saturated carbocycles. The average molecular weight is 438 g/mol. The van der Waals surface area contributed by atoms with Gasteiger partial charge in [0.1, 0.15) is 5.00 Å². The van der Waals surface area contributed by atoms with Crippen molar-refractivity contribution in [3.8, 4) is 0 Å². The molecule has 1 aromatic heterocycles. The Kier molecular flexibility index (Phi) is 7.32. The van der Waals surface area contributed by atoms with E-state index in [1.165, 1.54) is 23.5 Å². The minimum atomic E-state index is -4.20. The lowest BCUT2D eigenvalue weighted by atomic mass is 10.3. The zero-order chi connectivity index (χ0) is 19.3. The number of carbonyl (C=O) groups is 2. The molecule has 2 amide bonds. The maximum Gasteiger partial charge on any atom is 0.331 e. The van der Waals surface area contributed by atoms with E-state index < -0.39 is 27.7 Å². The van der Waals surface area contributed by atoms with Crippen molar-refractivity contribution >= 4 is 67.8 Å². The molecule has 2 heterocycles. The van der Waals surface area contributed by atoms with E-state index in [1.54, 1.807) is 25.5 Å². The molecule has 1 aliphatic heterocycles. The lowest BCUT2D eigenvalue weighted by Gasteiger charge is -2.34. The summed E-state index contributed by atoms with van der Waals surface area (Å²) in [7, 11) is -4.20. The van der Waals surface area contributed by atoms with Crippen LogP contribution in [0.25, 0.3) is 0 Å². The van der Waals surface area contributed by atoms with Crippen molar-refractivity contribution in [3.63, 3.8) is 0 Å². The summed E-state index contributed by atoms with van der Waals surface area (Å²) in [5.74, 6) is -0.995. The summed E-state index contributed by atoms with van der Waals surface area (Å²) in [4.78, 5) is 25.2. The van der Waals surface area contributed by atoms with E-state index in [9.17, 15) is 18.0 Å². The molecule has 144 valence electrons. The number of rotatable bonds is 8. The molecule has 0 aliphatic carbocycles. The molecule has 1 N–H and O–H groups in total. The maximum absolute atomic E-state index is 12.7. The fourth-order valence-electron chi connectivity index (χ4n) is 2.06. The van der Waals surface area contributed by atoms with Crippen LogP contribution in [0.1, 0.15) is 5.69 Å². The number of aryl methyl sites for hydroxylation is 1. The van der Waals surface area contributed by atoms with E-state index in [-0.39, 0.29) is 13.1 Å². The first-order valence-electron chi connectivity index (χ1n) is 7.47. The minimum Gasteiger partial charge on any atom is -0.266 e. The summed E-state index contributed by atoms with van der Waals surface area (Å²) in [6.07, 6.45) is 3.61.